The topological polar surface area (TPSA) is 53.4 Å². The molecule has 0 amide bonds. The summed E-state index contributed by atoms with van der Waals surface area (Å²) in [4.78, 5) is 15.9. The summed E-state index contributed by atoms with van der Waals surface area (Å²) in [5.41, 5.74) is 1.37. The largest absolute Gasteiger partial charge is 0.489 e. The highest BCUT2D eigenvalue weighted by atomic mass is 16.5. The van der Waals surface area contributed by atoms with Crippen molar-refractivity contribution in [2.75, 3.05) is 13.2 Å². The first kappa shape index (κ1) is 13.5. The van der Waals surface area contributed by atoms with Crippen LogP contribution in [0.1, 0.15) is 13.8 Å². The number of pyridine rings is 2. The number of rotatable bonds is 5. The van der Waals surface area contributed by atoms with Crippen LogP contribution in [0.5, 0.6) is 5.75 Å². The molecule has 0 spiro atoms. The second-order valence-electron chi connectivity index (χ2n) is 4.35. The molecule has 0 N–H and O–H groups in total. The van der Waals surface area contributed by atoms with E-state index in [0.717, 1.165) is 5.52 Å². The molecule has 102 valence electrons. The fourth-order valence-electron chi connectivity index (χ4n) is 1.94. The summed E-state index contributed by atoms with van der Waals surface area (Å²) in [6.07, 6.45) is 1.68. The third-order valence-electron chi connectivity index (χ3n) is 2.89. The van der Waals surface area contributed by atoms with Gasteiger partial charge in [0.2, 0.25) is 0 Å². The van der Waals surface area contributed by atoms with Crippen LogP contribution in [0, 0.1) is 0 Å². The average molecular weight is 262 g/mol. The van der Waals surface area contributed by atoms with Crippen molar-refractivity contribution in [3.8, 4) is 5.75 Å². The molecule has 2 rings (SSSR count). The second-order valence-corrected chi connectivity index (χ2v) is 4.35. The molecule has 1 unspecified atom stereocenters. The van der Waals surface area contributed by atoms with E-state index < -0.39 is 0 Å². The zero-order valence-corrected chi connectivity index (χ0v) is 11.4. The molecular formula is C14H18N2O3. The lowest BCUT2D eigenvalue weighted by atomic mass is 10.3. The summed E-state index contributed by atoms with van der Waals surface area (Å²) < 4.78 is 12.7. The van der Waals surface area contributed by atoms with Gasteiger partial charge in [0.1, 0.15) is 17.9 Å². The quantitative estimate of drug-likeness (QED) is 0.823. The Morgan fingerprint density at radius 1 is 1.37 bits per heavy atom. The molecule has 0 fully saturated rings. The van der Waals surface area contributed by atoms with Gasteiger partial charge in [-0.05, 0) is 19.9 Å². The van der Waals surface area contributed by atoms with Crippen molar-refractivity contribution in [3.63, 3.8) is 0 Å². The maximum Gasteiger partial charge on any atom is 0.250 e. The Morgan fingerprint density at radius 2 is 2.16 bits per heavy atom. The van der Waals surface area contributed by atoms with E-state index in [-0.39, 0.29) is 11.7 Å². The predicted molar refractivity (Wildman–Crippen MR) is 73.6 cm³/mol. The molecule has 5 heteroatoms. The third kappa shape index (κ3) is 2.93. The highest BCUT2D eigenvalue weighted by molar-refractivity contribution is 5.80. The lowest BCUT2D eigenvalue weighted by molar-refractivity contribution is 0.0405. The van der Waals surface area contributed by atoms with Gasteiger partial charge >= 0.3 is 0 Å². The Labute approximate surface area is 111 Å². The highest BCUT2D eigenvalue weighted by Gasteiger charge is 2.09. The molecule has 0 aromatic carbocycles. The monoisotopic (exact) mass is 262 g/mol. The van der Waals surface area contributed by atoms with Gasteiger partial charge in [-0.15, -0.1) is 0 Å². The standard InChI is InChI=1S/C14H18N2O3/c1-4-18-10(2)9-19-12-7-8-15-11-5-6-13(17)16(3)14(11)12/h5-8,10H,4,9H2,1-3H3. The highest BCUT2D eigenvalue weighted by Crippen LogP contribution is 2.21. The lowest BCUT2D eigenvalue weighted by Gasteiger charge is -2.15. The molecule has 0 saturated heterocycles. The fourth-order valence-corrected chi connectivity index (χ4v) is 1.94. The molecule has 0 radical (unpaired) electrons. The number of aryl methyl sites for hydroxylation is 1. The Kier molecular flexibility index (Phi) is 4.16. The van der Waals surface area contributed by atoms with Crippen molar-refractivity contribution >= 4 is 11.0 Å². The summed E-state index contributed by atoms with van der Waals surface area (Å²) in [6, 6.07) is 4.97. The van der Waals surface area contributed by atoms with Crippen LogP contribution >= 0.6 is 0 Å². The van der Waals surface area contributed by atoms with Gasteiger partial charge in [0, 0.05) is 32.0 Å². The first-order valence-electron chi connectivity index (χ1n) is 6.32. The normalized spacial score (nSPS) is 12.6. The van der Waals surface area contributed by atoms with Crippen LogP contribution in [0.15, 0.2) is 29.2 Å². The van der Waals surface area contributed by atoms with Crippen molar-refractivity contribution < 1.29 is 9.47 Å². The zero-order valence-electron chi connectivity index (χ0n) is 11.4. The number of ether oxygens (including phenoxy) is 2. The van der Waals surface area contributed by atoms with Crippen molar-refractivity contribution in [3.05, 3.63) is 34.7 Å². The Morgan fingerprint density at radius 3 is 2.89 bits per heavy atom. The van der Waals surface area contributed by atoms with E-state index in [1.54, 1.807) is 29.9 Å². The van der Waals surface area contributed by atoms with Crippen molar-refractivity contribution in [2.24, 2.45) is 7.05 Å². The maximum atomic E-state index is 11.7. The summed E-state index contributed by atoms with van der Waals surface area (Å²) in [5, 5.41) is 0. The molecule has 1 atom stereocenters. The Balaban J connectivity index is 2.33. The first-order chi connectivity index (χ1) is 9.13. The minimum Gasteiger partial charge on any atom is -0.489 e. The van der Waals surface area contributed by atoms with E-state index in [9.17, 15) is 4.79 Å². The van der Waals surface area contributed by atoms with Crippen LogP contribution in [0.25, 0.3) is 11.0 Å². The van der Waals surface area contributed by atoms with Gasteiger partial charge in [-0.1, -0.05) is 0 Å². The number of hydrogen-bond donors (Lipinski definition) is 0. The van der Waals surface area contributed by atoms with Crippen LogP contribution in [0.3, 0.4) is 0 Å². The molecule has 0 aliphatic heterocycles. The Bertz CT molecular complexity index is 622. The number of nitrogens with zero attached hydrogens (tertiary/aromatic N) is 2. The maximum absolute atomic E-state index is 11.7. The van der Waals surface area contributed by atoms with Gasteiger partial charge < -0.3 is 14.0 Å². The second kappa shape index (κ2) is 5.84. The zero-order chi connectivity index (χ0) is 13.8. The SMILES string of the molecule is CCOC(C)COc1ccnc2ccc(=O)n(C)c12. The smallest absolute Gasteiger partial charge is 0.250 e. The Hall–Kier alpha value is -1.88. The summed E-state index contributed by atoms with van der Waals surface area (Å²) >= 11 is 0. The summed E-state index contributed by atoms with van der Waals surface area (Å²) in [7, 11) is 1.71. The molecule has 2 aromatic heterocycles. The minimum absolute atomic E-state index is 0.00829. The van der Waals surface area contributed by atoms with E-state index in [0.29, 0.717) is 24.5 Å². The average Bonchev–Trinajstić information content (AvgIpc) is 2.41. The van der Waals surface area contributed by atoms with Gasteiger partial charge in [0.15, 0.2) is 0 Å². The van der Waals surface area contributed by atoms with Gasteiger partial charge in [0.05, 0.1) is 11.6 Å². The van der Waals surface area contributed by atoms with Crippen molar-refractivity contribution in [1.82, 2.24) is 9.55 Å². The third-order valence-corrected chi connectivity index (χ3v) is 2.89. The molecule has 0 bridgehead atoms. The number of hydrogen-bond acceptors (Lipinski definition) is 4. The van der Waals surface area contributed by atoms with E-state index >= 15 is 0 Å². The molecule has 0 aliphatic rings. The summed E-state index contributed by atoms with van der Waals surface area (Å²) in [5.74, 6) is 0.650. The fraction of sp³-hybridized carbons (Fsp3) is 0.429. The molecule has 2 aromatic rings. The van der Waals surface area contributed by atoms with E-state index in [4.69, 9.17) is 9.47 Å². The van der Waals surface area contributed by atoms with Crippen molar-refractivity contribution in [2.45, 2.75) is 20.0 Å². The van der Waals surface area contributed by atoms with Gasteiger partial charge in [-0.3, -0.25) is 9.78 Å². The molecule has 19 heavy (non-hydrogen) atoms. The number of fused-ring (bicyclic) bond motifs is 1. The molecule has 0 aliphatic carbocycles. The minimum atomic E-state index is -0.0804. The van der Waals surface area contributed by atoms with E-state index in [1.807, 2.05) is 13.8 Å². The van der Waals surface area contributed by atoms with Crippen LogP contribution in [0.4, 0.5) is 0 Å². The van der Waals surface area contributed by atoms with E-state index in [2.05, 4.69) is 4.98 Å². The van der Waals surface area contributed by atoms with E-state index in [1.165, 1.54) is 6.07 Å². The number of aromatic nitrogens is 2. The summed E-state index contributed by atoms with van der Waals surface area (Å²) in [6.45, 7) is 4.99. The molecule has 5 nitrogen and oxygen atoms in total. The van der Waals surface area contributed by atoms with Gasteiger partial charge in [-0.2, -0.15) is 0 Å². The lowest BCUT2D eigenvalue weighted by Crippen LogP contribution is -2.20. The molecule has 0 saturated carbocycles. The predicted octanol–water partition coefficient (Wildman–Crippen LogP) is 1.74. The van der Waals surface area contributed by atoms with Crippen LogP contribution in [0.2, 0.25) is 0 Å². The molecule has 2 heterocycles. The molecular weight excluding hydrogens is 244 g/mol. The first-order valence-corrected chi connectivity index (χ1v) is 6.32. The van der Waals surface area contributed by atoms with Gasteiger partial charge in [-0.25, -0.2) is 0 Å². The van der Waals surface area contributed by atoms with Crippen LogP contribution < -0.4 is 10.3 Å². The van der Waals surface area contributed by atoms with Gasteiger partial charge in [0.25, 0.3) is 5.56 Å². The van der Waals surface area contributed by atoms with Crippen molar-refractivity contribution in [1.29, 1.82) is 0 Å². The van der Waals surface area contributed by atoms with Crippen LogP contribution in [-0.4, -0.2) is 28.9 Å². The van der Waals surface area contributed by atoms with Crippen LogP contribution in [-0.2, 0) is 11.8 Å².